The van der Waals surface area contributed by atoms with Crippen molar-refractivity contribution in [3.63, 3.8) is 0 Å². The first-order valence-electron chi connectivity index (χ1n) is 7.92. The molecule has 0 unspecified atom stereocenters. The average Bonchev–Trinajstić information content (AvgIpc) is 3.17. The number of fused-ring (bicyclic) bond motifs is 1. The SMILES string of the molecule is CCOC(=O)c1ccc2c(c1)sc(=NC(=O)c1ccn(C)n1)n2CC. The number of ether oxygens (including phenoxy) is 1. The van der Waals surface area contributed by atoms with Gasteiger partial charge in [0.2, 0.25) is 0 Å². The highest BCUT2D eigenvalue weighted by Crippen LogP contribution is 2.20. The second kappa shape index (κ2) is 7.02. The molecule has 0 aliphatic rings. The Labute approximate surface area is 148 Å². The van der Waals surface area contributed by atoms with E-state index in [9.17, 15) is 9.59 Å². The molecule has 0 saturated heterocycles. The van der Waals surface area contributed by atoms with E-state index in [1.165, 1.54) is 11.3 Å². The Morgan fingerprint density at radius 3 is 2.72 bits per heavy atom. The van der Waals surface area contributed by atoms with Gasteiger partial charge in [-0.05, 0) is 38.1 Å². The van der Waals surface area contributed by atoms with Crippen LogP contribution in [-0.4, -0.2) is 32.8 Å². The first-order chi connectivity index (χ1) is 12.0. The molecule has 0 bridgehead atoms. The lowest BCUT2D eigenvalue weighted by molar-refractivity contribution is 0.0526. The van der Waals surface area contributed by atoms with Crippen LogP contribution < -0.4 is 4.80 Å². The summed E-state index contributed by atoms with van der Waals surface area (Å²) < 4.78 is 9.41. The Morgan fingerprint density at radius 2 is 2.08 bits per heavy atom. The van der Waals surface area contributed by atoms with Crippen LogP contribution in [0.4, 0.5) is 0 Å². The molecule has 0 N–H and O–H groups in total. The number of aryl methyl sites for hydroxylation is 2. The molecule has 7 nitrogen and oxygen atoms in total. The minimum absolute atomic E-state index is 0.301. The molecule has 8 heteroatoms. The van der Waals surface area contributed by atoms with Crippen molar-refractivity contribution in [1.82, 2.24) is 14.3 Å². The van der Waals surface area contributed by atoms with Gasteiger partial charge in [0.15, 0.2) is 10.5 Å². The fourth-order valence-corrected chi connectivity index (χ4v) is 3.61. The van der Waals surface area contributed by atoms with Crippen LogP contribution in [0.3, 0.4) is 0 Å². The van der Waals surface area contributed by atoms with Crippen molar-refractivity contribution in [2.45, 2.75) is 20.4 Å². The normalized spacial score (nSPS) is 11.9. The molecule has 0 radical (unpaired) electrons. The molecule has 0 aliphatic carbocycles. The number of carbonyl (C=O) groups is 2. The molecule has 2 heterocycles. The van der Waals surface area contributed by atoms with Crippen LogP contribution in [0.5, 0.6) is 0 Å². The topological polar surface area (TPSA) is 78.5 Å². The third kappa shape index (κ3) is 3.39. The lowest BCUT2D eigenvalue weighted by atomic mass is 10.2. The first kappa shape index (κ1) is 17.1. The summed E-state index contributed by atoms with van der Waals surface area (Å²) in [6.07, 6.45) is 1.70. The van der Waals surface area contributed by atoms with Crippen molar-refractivity contribution in [1.29, 1.82) is 0 Å². The van der Waals surface area contributed by atoms with Crippen LogP contribution in [0, 0.1) is 0 Å². The molecule has 3 aromatic rings. The summed E-state index contributed by atoms with van der Waals surface area (Å²) in [7, 11) is 1.75. The lowest BCUT2D eigenvalue weighted by Crippen LogP contribution is -2.16. The highest BCUT2D eigenvalue weighted by Gasteiger charge is 2.13. The number of nitrogens with zero attached hydrogens (tertiary/aromatic N) is 4. The molecule has 0 aliphatic heterocycles. The zero-order chi connectivity index (χ0) is 18.0. The summed E-state index contributed by atoms with van der Waals surface area (Å²) in [6, 6.07) is 6.98. The van der Waals surface area contributed by atoms with Crippen molar-refractivity contribution in [3.05, 3.63) is 46.5 Å². The van der Waals surface area contributed by atoms with Gasteiger partial charge in [0.25, 0.3) is 5.91 Å². The monoisotopic (exact) mass is 358 g/mol. The average molecular weight is 358 g/mol. The highest BCUT2D eigenvalue weighted by atomic mass is 32.1. The molecule has 1 amide bonds. The highest BCUT2D eigenvalue weighted by molar-refractivity contribution is 7.16. The fourth-order valence-electron chi connectivity index (χ4n) is 2.48. The molecule has 1 aromatic carbocycles. The smallest absolute Gasteiger partial charge is 0.338 e. The van der Waals surface area contributed by atoms with Gasteiger partial charge in [-0.2, -0.15) is 10.1 Å². The van der Waals surface area contributed by atoms with Gasteiger partial charge >= 0.3 is 5.97 Å². The molecule has 0 atom stereocenters. The van der Waals surface area contributed by atoms with Crippen LogP contribution >= 0.6 is 11.3 Å². The molecule has 25 heavy (non-hydrogen) atoms. The van der Waals surface area contributed by atoms with Gasteiger partial charge in [-0.15, -0.1) is 0 Å². The minimum Gasteiger partial charge on any atom is -0.462 e. The van der Waals surface area contributed by atoms with Gasteiger partial charge in [-0.1, -0.05) is 11.3 Å². The number of rotatable bonds is 4. The van der Waals surface area contributed by atoms with Crippen molar-refractivity contribution in [2.75, 3.05) is 6.61 Å². The summed E-state index contributed by atoms with van der Waals surface area (Å²) in [5.41, 5.74) is 1.71. The summed E-state index contributed by atoms with van der Waals surface area (Å²) in [5.74, 6) is -0.746. The Balaban J connectivity index is 2.07. The third-order valence-corrected chi connectivity index (χ3v) is 4.68. The molecule has 2 aromatic heterocycles. The second-order valence-electron chi connectivity index (χ2n) is 5.32. The van der Waals surface area contributed by atoms with Gasteiger partial charge in [0.05, 0.1) is 22.4 Å². The maximum Gasteiger partial charge on any atom is 0.338 e. The maximum atomic E-state index is 12.3. The van der Waals surface area contributed by atoms with Crippen molar-refractivity contribution >= 4 is 33.4 Å². The van der Waals surface area contributed by atoms with E-state index in [0.717, 1.165) is 10.2 Å². The molecule has 0 fully saturated rings. The molecule has 130 valence electrons. The van der Waals surface area contributed by atoms with E-state index >= 15 is 0 Å². The van der Waals surface area contributed by atoms with Gasteiger partial charge in [-0.3, -0.25) is 9.48 Å². The van der Waals surface area contributed by atoms with Gasteiger partial charge < -0.3 is 9.30 Å². The summed E-state index contributed by atoms with van der Waals surface area (Å²) in [4.78, 5) is 29.0. The molecule has 0 spiro atoms. The summed E-state index contributed by atoms with van der Waals surface area (Å²) in [6.45, 7) is 4.74. The first-order valence-corrected chi connectivity index (χ1v) is 8.74. The van der Waals surface area contributed by atoms with Crippen molar-refractivity contribution < 1.29 is 14.3 Å². The van der Waals surface area contributed by atoms with Crippen molar-refractivity contribution in [2.24, 2.45) is 12.0 Å². The van der Waals surface area contributed by atoms with Crippen LogP contribution in [0.15, 0.2) is 35.5 Å². The number of aromatic nitrogens is 3. The molecule has 0 saturated carbocycles. The molecular weight excluding hydrogens is 340 g/mol. The minimum atomic E-state index is -0.389. The van der Waals surface area contributed by atoms with E-state index in [1.54, 1.807) is 43.0 Å². The number of benzene rings is 1. The largest absolute Gasteiger partial charge is 0.462 e. The number of carbonyl (C=O) groups excluding carboxylic acids is 2. The molecular formula is C17H18N4O3S. The molecule has 3 rings (SSSR count). The number of amides is 1. The van der Waals surface area contributed by atoms with Crippen molar-refractivity contribution in [3.8, 4) is 0 Å². The quantitative estimate of drug-likeness (QED) is 0.671. The number of hydrogen-bond donors (Lipinski definition) is 0. The van der Waals surface area contributed by atoms with E-state index < -0.39 is 0 Å². The summed E-state index contributed by atoms with van der Waals surface area (Å²) >= 11 is 1.36. The predicted octanol–water partition coefficient (Wildman–Crippen LogP) is 2.37. The van der Waals surface area contributed by atoms with Crippen LogP contribution in [0.1, 0.15) is 34.7 Å². The van der Waals surface area contributed by atoms with E-state index in [4.69, 9.17) is 4.74 Å². The zero-order valence-electron chi connectivity index (χ0n) is 14.2. The van der Waals surface area contributed by atoms with E-state index in [1.807, 2.05) is 17.6 Å². The number of thiazole rings is 1. The van der Waals surface area contributed by atoms with E-state index in [-0.39, 0.29) is 11.9 Å². The zero-order valence-corrected chi connectivity index (χ0v) is 15.0. The number of hydrogen-bond acceptors (Lipinski definition) is 5. The lowest BCUT2D eigenvalue weighted by Gasteiger charge is -2.03. The second-order valence-corrected chi connectivity index (χ2v) is 6.33. The Morgan fingerprint density at radius 1 is 1.28 bits per heavy atom. The van der Waals surface area contributed by atoms with Crippen LogP contribution in [-0.2, 0) is 18.3 Å². The van der Waals surface area contributed by atoms with Crippen LogP contribution in [0.25, 0.3) is 10.2 Å². The van der Waals surface area contributed by atoms with E-state index in [0.29, 0.717) is 29.2 Å². The maximum absolute atomic E-state index is 12.3. The van der Waals surface area contributed by atoms with E-state index in [2.05, 4.69) is 10.1 Å². The Hall–Kier alpha value is -2.74. The van der Waals surface area contributed by atoms with Crippen LogP contribution in [0.2, 0.25) is 0 Å². The fraction of sp³-hybridized carbons (Fsp3) is 0.294. The predicted molar refractivity (Wildman–Crippen MR) is 94.5 cm³/mol. The Bertz CT molecular complexity index is 1010. The summed E-state index contributed by atoms with van der Waals surface area (Å²) in [5, 5.41) is 4.08. The number of esters is 1. The van der Waals surface area contributed by atoms with Gasteiger partial charge in [0, 0.05) is 19.8 Å². The van der Waals surface area contributed by atoms with Gasteiger partial charge in [0.1, 0.15) is 0 Å². The Kier molecular flexibility index (Phi) is 4.80. The standard InChI is InChI=1S/C17H18N4O3S/c1-4-21-13-7-6-11(16(23)24-5-2)10-14(13)25-17(21)18-15(22)12-8-9-20(3)19-12/h6-10H,4-5H2,1-3H3. The van der Waals surface area contributed by atoms with Gasteiger partial charge in [-0.25, -0.2) is 4.79 Å². The third-order valence-electron chi connectivity index (χ3n) is 3.64.